The van der Waals surface area contributed by atoms with Crippen molar-refractivity contribution in [3.63, 3.8) is 0 Å². The van der Waals surface area contributed by atoms with E-state index in [0.29, 0.717) is 11.0 Å². The van der Waals surface area contributed by atoms with Crippen LogP contribution in [0.15, 0.2) is 103 Å². The zero-order chi connectivity index (χ0) is 19.6. The van der Waals surface area contributed by atoms with Gasteiger partial charge in [-0.15, -0.1) is 0 Å². The van der Waals surface area contributed by atoms with Crippen molar-refractivity contribution in [1.29, 1.82) is 0 Å². The van der Waals surface area contributed by atoms with Crippen molar-refractivity contribution in [3.8, 4) is 33.8 Å². The maximum atomic E-state index is 6.45. The van der Waals surface area contributed by atoms with Crippen LogP contribution >= 0.6 is 11.6 Å². The Balaban J connectivity index is 1.71. The first-order valence-corrected chi connectivity index (χ1v) is 9.85. The first-order valence-electron chi connectivity index (χ1n) is 9.47. The standard InChI is InChI=1S/C26H17ClN2/c27-25-17-24(22-15-7-6-13-20(22)18-9-2-1-3-10-18)28-26(29-25)23-16-8-12-19-11-4-5-14-21(19)23/h1-17H. The fraction of sp³-hybridized carbons (Fsp3) is 0. The Morgan fingerprint density at radius 3 is 2.07 bits per heavy atom. The lowest BCUT2D eigenvalue weighted by atomic mass is 9.97. The van der Waals surface area contributed by atoms with Gasteiger partial charge in [-0.25, -0.2) is 9.97 Å². The van der Waals surface area contributed by atoms with Crippen LogP contribution in [0.1, 0.15) is 0 Å². The van der Waals surface area contributed by atoms with Gasteiger partial charge in [-0.3, -0.25) is 0 Å². The molecular weight excluding hydrogens is 376 g/mol. The van der Waals surface area contributed by atoms with Gasteiger partial charge in [0, 0.05) is 17.2 Å². The summed E-state index contributed by atoms with van der Waals surface area (Å²) in [6.45, 7) is 0. The second-order valence-electron chi connectivity index (χ2n) is 6.84. The summed E-state index contributed by atoms with van der Waals surface area (Å²) in [5.74, 6) is 0.632. The van der Waals surface area contributed by atoms with E-state index < -0.39 is 0 Å². The zero-order valence-electron chi connectivity index (χ0n) is 15.6. The summed E-state index contributed by atoms with van der Waals surface area (Å²) in [5.41, 5.74) is 5.08. The van der Waals surface area contributed by atoms with Gasteiger partial charge in [0.25, 0.3) is 0 Å². The van der Waals surface area contributed by atoms with Crippen LogP contribution in [0.25, 0.3) is 44.5 Å². The molecule has 0 unspecified atom stereocenters. The van der Waals surface area contributed by atoms with E-state index in [1.807, 2.05) is 60.7 Å². The van der Waals surface area contributed by atoms with E-state index in [1.165, 1.54) is 0 Å². The van der Waals surface area contributed by atoms with Crippen molar-refractivity contribution in [1.82, 2.24) is 9.97 Å². The van der Waals surface area contributed by atoms with Gasteiger partial charge in [0.1, 0.15) is 5.15 Å². The van der Waals surface area contributed by atoms with Gasteiger partial charge in [0.05, 0.1) is 5.69 Å². The molecule has 0 aliphatic heterocycles. The third kappa shape index (κ3) is 3.39. The summed E-state index contributed by atoms with van der Waals surface area (Å²) in [7, 11) is 0. The minimum Gasteiger partial charge on any atom is -0.228 e. The van der Waals surface area contributed by atoms with Gasteiger partial charge >= 0.3 is 0 Å². The van der Waals surface area contributed by atoms with Gasteiger partial charge in [-0.2, -0.15) is 0 Å². The summed E-state index contributed by atoms with van der Waals surface area (Å²) in [4.78, 5) is 9.45. The van der Waals surface area contributed by atoms with Gasteiger partial charge in [0.15, 0.2) is 5.82 Å². The number of nitrogens with zero attached hydrogens (tertiary/aromatic N) is 2. The van der Waals surface area contributed by atoms with Crippen LogP contribution in [-0.2, 0) is 0 Å². The van der Waals surface area contributed by atoms with Crippen LogP contribution in [0.3, 0.4) is 0 Å². The molecule has 0 amide bonds. The Morgan fingerprint density at radius 1 is 0.552 bits per heavy atom. The van der Waals surface area contributed by atoms with Crippen molar-refractivity contribution in [2.24, 2.45) is 0 Å². The second-order valence-corrected chi connectivity index (χ2v) is 7.23. The van der Waals surface area contributed by atoms with Crippen LogP contribution in [0.5, 0.6) is 0 Å². The van der Waals surface area contributed by atoms with E-state index in [-0.39, 0.29) is 0 Å². The number of halogens is 1. The van der Waals surface area contributed by atoms with Crippen LogP contribution in [0.2, 0.25) is 5.15 Å². The molecule has 2 nitrogen and oxygen atoms in total. The quantitative estimate of drug-likeness (QED) is 0.301. The number of benzene rings is 4. The Hall–Kier alpha value is -3.49. The minimum atomic E-state index is 0.431. The van der Waals surface area contributed by atoms with E-state index in [1.54, 1.807) is 0 Å². The molecular formula is C26H17ClN2. The molecule has 0 atom stereocenters. The third-order valence-electron chi connectivity index (χ3n) is 5.01. The summed E-state index contributed by atoms with van der Waals surface area (Å²) in [6, 6.07) is 34.8. The predicted octanol–water partition coefficient (Wildman–Crippen LogP) is 7.28. The molecule has 0 radical (unpaired) electrons. The third-order valence-corrected chi connectivity index (χ3v) is 5.21. The van der Waals surface area contributed by atoms with E-state index in [2.05, 4.69) is 47.4 Å². The first kappa shape index (κ1) is 17.6. The lowest BCUT2D eigenvalue weighted by Crippen LogP contribution is -1.95. The Kier molecular flexibility index (Phi) is 4.55. The average molecular weight is 393 g/mol. The predicted molar refractivity (Wildman–Crippen MR) is 121 cm³/mol. The van der Waals surface area contributed by atoms with Crippen LogP contribution < -0.4 is 0 Å². The highest BCUT2D eigenvalue weighted by Gasteiger charge is 2.13. The summed E-state index contributed by atoms with van der Waals surface area (Å²) < 4.78 is 0. The average Bonchev–Trinajstić information content (AvgIpc) is 2.79. The summed E-state index contributed by atoms with van der Waals surface area (Å²) in [6.07, 6.45) is 0. The van der Waals surface area contributed by atoms with Crippen molar-refractivity contribution >= 4 is 22.4 Å². The van der Waals surface area contributed by atoms with Gasteiger partial charge in [-0.05, 0) is 21.9 Å². The molecule has 3 heteroatoms. The molecule has 5 aromatic rings. The highest BCUT2D eigenvalue weighted by atomic mass is 35.5. The molecule has 4 aromatic carbocycles. The maximum absolute atomic E-state index is 6.45. The number of fused-ring (bicyclic) bond motifs is 1. The molecule has 1 heterocycles. The van der Waals surface area contributed by atoms with Crippen molar-refractivity contribution in [3.05, 3.63) is 108 Å². The van der Waals surface area contributed by atoms with Crippen molar-refractivity contribution in [2.45, 2.75) is 0 Å². The van der Waals surface area contributed by atoms with Crippen LogP contribution in [-0.4, -0.2) is 9.97 Å². The van der Waals surface area contributed by atoms with E-state index in [4.69, 9.17) is 16.6 Å². The van der Waals surface area contributed by atoms with Gasteiger partial charge in [0.2, 0.25) is 0 Å². The molecule has 5 rings (SSSR count). The lowest BCUT2D eigenvalue weighted by molar-refractivity contribution is 1.18. The van der Waals surface area contributed by atoms with Crippen LogP contribution in [0.4, 0.5) is 0 Å². The smallest absolute Gasteiger partial charge is 0.162 e. The molecule has 0 saturated heterocycles. The first-order chi connectivity index (χ1) is 14.3. The molecule has 1 aromatic heterocycles. The Labute approximate surface area is 174 Å². The molecule has 0 fully saturated rings. The summed E-state index contributed by atoms with van der Waals surface area (Å²) in [5, 5.41) is 2.69. The molecule has 0 aliphatic rings. The largest absolute Gasteiger partial charge is 0.228 e. The minimum absolute atomic E-state index is 0.431. The Morgan fingerprint density at radius 2 is 1.21 bits per heavy atom. The van der Waals surface area contributed by atoms with Gasteiger partial charge in [-0.1, -0.05) is 109 Å². The number of rotatable bonds is 3. The number of aromatic nitrogens is 2. The highest BCUT2D eigenvalue weighted by molar-refractivity contribution is 6.29. The molecule has 29 heavy (non-hydrogen) atoms. The van der Waals surface area contributed by atoms with E-state index >= 15 is 0 Å². The second kappa shape index (κ2) is 7.50. The summed E-state index contributed by atoms with van der Waals surface area (Å²) >= 11 is 6.45. The van der Waals surface area contributed by atoms with E-state index in [9.17, 15) is 0 Å². The monoisotopic (exact) mass is 392 g/mol. The SMILES string of the molecule is Clc1cc(-c2ccccc2-c2ccccc2)nc(-c2cccc3ccccc23)n1. The van der Waals surface area contributed by atoms with Crippen molar-refractivity contribution < 1.29 is 0 Å². The number of hydrogen-bond acceptors (Lipinski definition) is 2. The van der Waals surface area contributed by atoms with Crippen LogP contribution in [0, 0.1) is 0 Å². The van der Waals surface area contributed by atoms with Gasteiger partial charge < -0.3 is 0 Å². The lowest BCUT2D eigenvalue weighted by Gasteiger charge is -2.12. The molecule has 0 aliphatic carbocycles. The molecule has 0 spiro atoms. The normalized spacial score (nSPS) is 10.9. The highest BCUT2D eigenvalue weighted by Crippen LogP contribution is 2.34. The molecule has 0 N–H and O–H groups in total. The molecule has 0 bridgehead atoms. The van der Waals surface area contributed by atoms with Crippen molar-refractivity contribution in [2.75, 3.05) is 0 Å². The molecule has 138 valence electrons. The maximum Gasteiger partial charge on any atom is 0.162 e. The molecule has 0 saturated carbocycles. The zero-order valence-corrected chi connectivity index (χ0v) is 16.3. The Bertz CT molecular complexity index is 1310. The van der Waals surface area contributed by atoms with E-state index in [0.717, 1.165) is 38.7 Å². The topological polar surface area (TPSA) is 25.8 Å². The fourth-order valence-electron chi connectivity index (χ4n) is 3.67. The number of hydrogen-bond donors (Lipinski definition) is 0. The fourth-order valence-corrected chi connectivity index (χ4v) is 3.86.